The van der Waals surface area contributed by atoms with Crippen molar-refractivity contribution in [1.82, 2.24) is 15.5 Å². The minimum atomic E-state index is -0.276. The van der Waals surface area contributed by atoms with E-state index in [4.69, 9.17) is 0 Å². The fourth-order valence-corrected chi connectivity index (χ4v) is 5.40. The number of anilines is 1. The minimum Gasteiger partial charge on any atom is -0.352 e. The monoisotopic (exact) mass is 526 g/mol. The Bertz CT molecular complexity index is 1120. The van der Waals surface area contributed by atoms with Gasteiger partial charge in [0, 0.05) is 13.1 Å². The van der Waals surface area contributed by atoms with E-state index in [0.717, 1.165) is 51.6 Å². The summed E-state index contributed by atoms with van der Waals surface area (Å²) in [6.07, 6.45) is 6.32. The van der Waals surface area contributed by atoms with Gasteiger partial charge in [0.2, 0.25) is 0 Å². The molecular formula is C33H42N4O2. The van der Waals surface area contributed by atoms with E-state index in [1.165, 1.54) is 11.1 Å². The third-order valence-corrected chi connectivity index (χ3v) is 7.57. The van der Waals surface area contributed by atoms with Crippen LogP contribution in [0.2, 0.25) is 0 Å². The van der Waals surface area contributed by atoms with Crippen LogP contribution in [0.25, 0.3) is 0 Å². The molecule has 6 nitrogen and oxygen atoms in total. The number of benzene rings is 3. The fourth-order valence-electron chi connectivity index (χ4n) is 5.40. The smallest absolute Gasteiger partial charge is 0.319 e. The van der Waals surface area contributed by atoms with Gasteiger partial charge in [0.1, 0.15) is 0 Å². The van der Waals surface area contributed by atoms with E-state index in [9.17, 15) is 9.59 Å². The van der Waals surface area contributed by atoms with Gasteiger partial charge in [-0.3, -0.25) is 9.69 Å². The van der Waals surface area contributed by atoms with Crippen LogP contribution < -0.4 is 16.0 Å². The van der Waals surface area contributed by atoms with Gasteiger partial charge in [-0.25, -0.2) is 4.79 Å². The molecule has 0 radical (unpaired) electrons. The summed E-state index contributed by atoms with van der Waals surface area (Å²) in [6.45, 7) is 5.46. The van der Waals surface area contributed by atoms with Gasteiger partial charge in [0.15, 0.2) is 0 Å². The standard InChI is InChI=1S/C33H42N4O2/c1-2-3-12-22-35-33(39)36-30-18-11-10-17-29(30)32(38)34-23-19-26-20-24-37(25-21-26)31(27-13-6-4-7-14-27)28-15-8-5-9-16-28/h4-11,13-18,26,31H,2-3,12,19-25H2,1H3,(H,34,38)(H2,35,36,39). The van der Waals surface area contributed by atoms with Crippen LogP contribution in [0.3, 0.4) is 0 Å². The quantitative estimate of drug-likeness (QED) is 0.232. The first-order valence-electron chi connectivity index (χ1n) is 14.4. The number of unbranched alkanes of at least 4 members (excludes halogenated alkanes) is 2. The fraction of sp³-hybridized carbons (Fsp3) is 0.394. The molecule has 1 fully saturated rings. The second-order valence-corrected chi connectivity index (χ2v) is 10.4. The molecule has 1 aliphatic heterocycles. The SMILES string of the molecule is CCCCCNC(=O)Nc1ccccc1C(=O)NCCC1CCN(C(c2ccccc2)c2ccccc2)CC1. The van der Waals surface area contributed by atoms with Gasteiger partial charge in [-0.2, -0.15) is 0 Å². The normalized spacial score (nSPS) is 14.2. The minimum absolute atomic E-state index is 0.150. The second kappa shape index (κ2) is 15.1. The Morgan fingerprint density at radius 2 is 1.41 bits per heavy atom. The summed E-state index contributed by atoms with van der Waals surface area (Å²) in [5, 5.41) is 8.78. The van der Waals surface area contributed by atoms with Crippen LogP contribution in [-0.4, -0.2) is 43.0 Å². The predicted octanol–water partition coefficient (Wildman–Crippen LogP) is 6.62. The zero-order chi connectivity index (χ0) is 27.3. The van der Waals surface area contributed by atoms with E-state index < -0.39 is 0 Å². The summed E-state index contributed by atoms with van der Waals surface area (Å²) in [7, 11) is 0. The van der Waals surface area contributed by atoms with E-state index in [0.29, 0.717) is 30.3 Å². The van der Waals surface area contributed by atoms with E-state index in [1.54, 1.807) is 12.1 Å². The summed E-state index contributed by atoms with van der Waals surface area (Å²) in [4.78, 5) is 27.8. The molecule has 3 amide bonds. The van der Waals surface area contributed by atoms with Crippen molar-refractivity contribution in [2.45, 2.75) is 51.5 Å². The predicted molar refractivity (Wildman–Crippen MR) is 159 cm³/mol. The molecule has 0 atom stereocenters. The first-order chi connectivity index (χ1) is 19.2. The Labute approximate surface area is 233 Å². The maximum Gasteiger partial charge on any atom is 0.319 e. The van der Waals surface area contributed by atoms with Crippen molar-refractivity contribution in [2.24, 2.45) is 5.92 Å². The van der Waals surface area contributed by atoms with E-state index in [2.05, 4.69) is 88.4 Å². The largest absolute Gasteiger partial charge is 0.352 e. The molecule has 1 aliphatic rings. The van der Waals surface area contributed by atoms with Crippen LogP contribution in [0.1, 0.15) is 73.0 Å². The number of hydrogen-bond donors (Lipinski definition) is 3. The lowest BCUT2D eigenvalue weighted by Gasteiger charge is -2.38. The molecule has 4 rings (SSSR count). The van der Waals surface area contributed by atoms with Gasteiger partial charge in [-0.1, -0.05) is 92.6 Å². The molecular weight excluding hydrogens is 484 g/mol. The third kappa shape index (κ3) is 8.42. The molecule has 3 N–H and O–H groups in total. The van der Waals surface area contributed by atoms with Crippen LogP contribution in [0.5, 0.6) is 0 Å². The Hall–Kier alpha value is -3.64. The number of carbonyl (C=O) groups excluding carboxylic acids is 2. The van der Waals surface area contributed by atoms with E-state index in [-0.39, 0.29) is 18.0 Å². The van der Waals surface area contributed by atoms with Crippen molar-refractivity contribution in [2.75, 3.05) is 31.5 Å². The summed E-state index contributed by atoms with van der Waals surface area (Å²) in [6, 6.07) is 28.7. The van der Waals surface area contributed by atoms with Crippen molar-refractivity contribution in [3.8, 4) is 0 Å². The maximum absolute atomic E-state index is 13.0. The highest BCUT2D eigenvalue weighted by molar-refractivity contribution is 6.03. The van der Waals surface area contributed by atoms with Crippen LogP contribution in [-0.2, 0) is 0 Å². The molecule has 6 heteroatoms. The van der Waals surface area contributed by atoms with Crippen molar-refractivity contribution in [3.63, 3.8) is 0 Å². The first-order valence-corrected chi connectivity index (χ1v) is 14.4. The molecule has 0 spiro atoms. The number of amides is 3. The number of urea groups is 1. The molecule has 39 heavy (non-hydrogen) atoms. The van der Waals surface area contributed by atoms with Crippen molar-refractivity contribution in [1.29, 1.82) is 0 Å². The summed E-state index contributed by atoms with van der Waals surface area (Å²) >= 11 is 0. The average Bonchev–Trinajstić information content (AvgIpc) is 2.98. The maximum atomic E-state index is 13.0. The van der Waals surface area contributed by atoms with E-state index in [1.807, 2.05) is 12.1 Å². The van der Waals surface area contributed by atoms with Crippen molar-refractivity contribution < 1.29 is 9.59 Å². The highest BCUT2D eigenvalue weighted by atomic mass is 16.2. The topological polar surface area (TPSA) is 73.5 Å². The van der Waals surface area contributed by atoms with Crippen LogP contribution >= 0.6 is 0 Å². The lowest BCUT2D eigenvalue weighted by Crippen LogP contribution is -2.38. The summed E-state index contributed by atoms with van der Waals surface area (Å²) < 4.78 is 0. The molecule has 0 aromatic heterocycles. The zero-order valence-corrected chi connectivity index (χ0v) is 23.1. The van der Waals surface area contributed by atoms with Gasteiger partial charge in [0.05, 0.1) is 17.3 Å². The third-order valence-electron chi connectivity index (χ3n) is 7.57. The van der Waals surface area contributed by atoms with Gasteiger partial charge in [-0.05, 0) is 68.0 Å². The van der Waals surface area contributed by atoms with Gasteiger partial charge >= 0.3 is 6.03 Å². The molecule has 0 unspecified atom stereocenters. The lowest BCUT2D eigenvalue weighted by molar-refractivity contribution is 0.0947. The second-order valence-electron chi connectivity index (χ2n) is 10.4. The molecule has 0 saturated carbocycles. The number of para-hydroxylation sites is 1. The highest BCUT2D eigenvalue weighted by Crippen LogP contribution is 2.33. The lowest BCUT2D eigenvalue weighted by atomic mass is 9.89. The molecule has 0 bridgehead atoms. The Morgan fingerprint density at radius 1 is 0.795 bits per heavy atom. The Balaban J connectivity index is 1.26. The summed E-state index contributed by atoms with van der Waals surface area (Å²) in [5.41, 5.74) is 3.68. The van der Waals surface area contributed by atoms with Crippen molar-refractivity contribution >= 4 is 17.6 Å². The Kier molecular flexibility index (Phi) is 11.0. The molecule has 1 saturated heterocycles. The Morgan fingerprint density at radius 3 is 2.05 bits per heavy atom. The van der Waals surface area contributed by atoms with Crippen molar-refractivity contribution in [3.05, 3.63) is 102 Å². The van der Waals surface area contributed by atoms with E-state index >= 15 is 0 Å². The first kappa shape index (κ1) is 28.4. The van der Waals surface area contributed by atoms with Gasteiger partial charge < -0.3 is 16.0 Å². The number of rotatable bonds is 12. The number of likely N-dealkylation sites (tertiary alicyclic amines) is 1. The number of nitrogens with zero attached hydrogens (tertiary/aromatic N) is 1. The molecule has 3 aromatic carbocycles. The highest BCUT2D eigenvalue weighted by Gasteiger charge is 2.27. The molecule has 0 aliphatic carbocycles. The van der Waals surface area contributed by atoms with Gasteiger partial charge in [-0.15, -0.1) is 0 Å². The number of carbonyl (C=O) groups is 2. The number of hydrogen-bond acceptors (Lipinski definition) is 3. The van der Waals surface area contributed by atoms with Crippen LogP contribution in [0.15, 0.2) is 84.9 Å². The zero-order valence-electron chi connectivity index (χ0n) is 23.1. The number of piperidine rings is 1. The average molecular weight is 527 g/mol. The molecule has 1 heterocycles. The molecule has 3 aromatic rings. The van der Waals surface area contributed by atoms with Crippen LogP contribution in [0, 0.1) is 5.92 Å². The number of nitrogens with one attached hydrogen (secondary N) is 3. The summed E-state index contributed by atoms with van der Waals surface area (Å²) in [5.74, 6) is 0.429. The molecule has 206 valence electrons. The van der Waals surface area contributed by atoms with Crippen LogP contribution in [0.4, 0.5) is 10.5 Å². The van der Waals surface area contributed by atoms with Gasteiger partial charge in [0.25, 0.3) is 5.91 Å².